The molecule has 136 valence electrons. The molecular weight excluding hydrogens is 355 g/mol. The van der Waals surface area contributed by atoms with Crippen LogP contribution in [0.3, 0.4) is 0 Å². The number of morpholine rings is 2. The lowest BCUT2D eigenvalue weighted by Gasteiger charge is -2.29. The van der Waals surface area contributed by atoms with Gasteiger partial charge in [-0.1, -0.05) is 0 Å². The van der Waals surface area contributed by atoms with Gasteiger partial charge in [0.05, 0.1) is 32.1 Å². The largest absolute Gasteiger partial charge is 0.378 e. The lowest BCUT2D eigenvalue weighted by molar-refractivity contribution is -0.117. The number of anilines is 2. The molecule has 0 saturated carbocycles. The molecule has 1 atom stereocenters. The number of nitrogens with one attached hydrogen (secondary N) is 2. The first-order chi connectivity index (χ1) is 10.8. The summed E-state index contributed by atoms with van der Waals surface area (Å²) in [5.41, 5.74) is 0.756. The Balaban J connectivity index is 0.00000144. The van der Waals surface area contributed by atoms with E-state index in [0.717, 1.165) is 31.1 Å². The molecule has 2 aliphatic rings. The molecule has 1 aromatic heterocycles. The summed E-state index contributed by atoms with van der Waals surface area (Å²) in [5.74, 6) is 0.789. The van der Waals surface area contributed by atoms with Crippen molar-refractivity contribution in [3.8, 4) is 0 Å². The van der Waals surface area contributed by atoms with Crippen molar-refractivity contribution in [1.29, 1.82) is 0 Å². The Hall–Kier alpha value is -1.12. The van der Waals surface area contributed by atoms with E-state index < -0.39 is 0 Å². The van der Waals surface area contributed by atoms with Crippen molar-refractivity contribution in [3.63, 3.8) is 0 Å². The SMILES string of the molecule is Cl.Cl.O=C(CC1COCCN1)Nc1cccnc1N1CCOCC1. The number of aromatic nitrogens is 1. The molecule has 2 fully saturated rings. The van der Waals surface area contributed by atoms with E-state index in [1.54, 1.807) is 6.20 Å². The van der Waals surface area contributed by atoms with E-state index in [2.05, 4.69) is 20.5 Å². The zero-order chi connectivity index (χ0) is 15.2. The van der Waals surface area contributed by atoms with E-state index >= 15 is 0 Å². The van der Waals surface area contributed by atoms with Crippen molar-refractivity contribution >= 4 is 42.2 Å². The van der Waals surface area contributed by atoms with Gasteiger partial charge in [-0.3, -0.25) is 4.79 Å². The summed E-state index contributed by atoms with van der Waals surface area (Å²) in [6.07, 6.45) is 2.15. The first-order valence-corrected chi connectivity index (χ1v) is 7.71. The number of carbonyl (C=O) groups is 1. The molecule has 1 amide bonds. The minimum atomic E-state index is -0.0227. The monoisotopic (exact) mass is 378 g/mol. The molecule has 1 aromatic rings. The lowest BCUT2D eigenvalue weighted by Crippen LogP contribution is -2.43. The molecule has 0 radical (unpaired) electrons. The van der Waals surface area contributed by atoms with Gasteiger partial charge in [-0.25, -0.2) is 4.98 Å². The Morgan fingerprint density at radius 1 is 1.29 bits per heavy atom. The summed E-state index contributed by atoms with van der Waals surface area (Å²) in [7, 11) is 0. The normalized spacial score (nSPS) is 20.5. The van der Waals surface area contributed by atoms with E-state index in [1.807, 2.05) is 12.1 Å². The van der Waals surface area contributed by atoms with Crippen LogP contribution in [0.15, 0.2) is 18.3 Å². The molecule has 2 saturated heterocycles. The van der Waals surface area contributed by atoms with Gasteiger partial charge in [0.2, 0.25) is 5.91 Å². The zero-order valence-electron chi connectivity index (χ0n) is 13.4. The second kappa shape index (κ2) is 10.7. The standard InChI is InChI=1S/C15H22N4O3.2ClH/c20-14(10-12-11-22-7-4-16-12)18-13-2-1-3-17-15(13)19-5-8-21-9-6-19;;/h1-3,12,16H,4-11H2,(H,18,20);2*1H. The number of pyridine rings is 1. The second-order valence-electron chi connectivity index (χ2n) is 5.45. The molecule has 3 rings (SSSR count). The Bertz CT molecular complexity index is 509. The van der Waals surface area contributed by atoms with E-state index in [0.29, 0.717) is 32.8 Å². The van der Waals surface area contributed by atoms with Crippen LogP contribution < -0.4 is 15.5 Å². The van der Waals surface area contributed by atoms with Gasteiger partial charge in [0.1, 0.15) is 0 Å². The molecule has 0 aliphatic carbocycles. The summed E-state index contributed by atoms with van der Waals surface area (Å²) < 4.78 is 10.7. The van der Waals surface area contributed by atoms with Crippen molar-refractivity contribution in [2.45, 2.75) is 12.5 Å². The minimum Gasteiger partial charge on any atom is -0.378 e. The van der Waals surface area contributed by atoms with Crippen LogP contribution in [0.25, 0.3) is 0 Å². The minimum absolute atomic E-state index is 0. The van der Waals surface area contributed by atoms with Crippen LogP contribution >= 0.6 is 24.8 Å². The number of rotatable bonds is 4. The van der Waals surface area contributed by atoms with Gasteiger partial charge in [0.15, 0.2) is 5.82 Å². The van der Waals surface area contributed by atoms with Gasteiger partial charge in [0.25, 0.3) is 0 Å². The summed E-state index contributed by atoms with van der Waals surface area (Å²) in [6.45, 7) is 5.04. The quantitative estimate of drug-likeness (QED) is 0.816. The van der Waals surface area contributed by atoms with E-state index in [-0.39, 0.29) is 36.8 Å². The molecule has 0 bridgehead atoms. The highest BCUT2D eigenvalue weighted by molar-refractivity contribution is 5.94. The van der Waals surface area contributed by atoms with E-state index in [9.17, 15) is 4.79 Å². The smallest absolute Gasteiger partial charge is 0.226 e. The molecule has 2 aliphatic heterocycles. The highest BCUT2D eigenvalue weighted by Crippen LogP contribution is 2.23. The van der Waals surface area contributed by atoms with Crippen molar-refractivity contribution in [3.05, 3.63) is 18.3 Å². The molecule has 9 heteroatoms. The fourth-order valence-electron chi connectivity index (χ4n) is 2.70. The van der Waals surface area contributed by atoms with Crippen LogP contribution in [0.2, 0.25) is 0 Å². The molecule has 0 aromatic carbocycles. The van der Waals surface area contributed by atoms with Gasteiger partial charge in [0, 0.05) is 38.3 Å². The highest BCUT2D eigenvalue weighted by Gasteiger charge is 2.20. The molecule has 0 spiro atoms. The fourth-order valence-corrected chi connectivity index (χ4v) is 2.70. The van der Waals surface area contributed by atoms with Gasteiger partial charge in [-0.05, 0) is 12.1 Å². The number of nitrogens with zero attached hydrogens (tertiary/aromatic N) is 2. The van der Waals surface area contributed by atoms with Gasteiger partial charge < -0.3 is 25.0 Å². The van der Waals surface area contributed by atoms with Crippen LogP contribution in [0.1, 0.15) is 6.42 Å². The Morgan fingerprint density at radius 3 is 2.79 bits per heavy atom. The number of carbonyl (C=O) groups excluding carboxylic acids is 1. The van der Waals surface area contributed by atoms with Crippen LogP contribution in [0.4, 0.5) is 11.5 Å². The second-order valence-corrected chi connectivity index (χ2v) is 5.45. The molecule has 2 N–H and O–H groups in total. The van der Waals surface area contributed by atoms with Crippen molar-refractivity contribution in [2.24, 2.45) is 0 Å². The third-order valence-electron chi connectivity index (χ3n) is 3.80. The number of amides is 1. The summed E-state index contributed by atoms with van der Waals surface area (Å²) >= 11 is 0. The summed E-state index contributed by atoms with van der Waals surface area (Å²) in [5, 5.41) is 6.26. The van der Waals surface area contributed by atoms with E-state index in [1.165, 1.54) is 0 Å². The van der Waals surface area contributed by atoms with Crippen LogP contribution in [-0.4, -0.2) is 63.0 Å². The first kappa shape index (κ1) is 20.9. The number of halogens is 2. The third kappa shape index (κ3) is 5.75. The lowest BCUT2D eigenvalue weighted by atomic mass is 10.2. The van der Waals surface area contributed by atoms with Gasteiger partial charge >= 0.3 is 0 Å². The van der Waals surface area contributed by atoms with Crippen molar-refractivity contribution < 1.29 is 14.3 Å². The molecular formula is C15H24Cl2N4O3. The van der Waals surface area contributed by atoms with Crippen LogP contribution in [0, 0.1) is 0 Å². The van der Waals surface area contributed by atoms with Gasteiger partial charge in [-0.15, -0.1) is 24.8 Å². The van der Waals surface area contributed by atoms with Crippen molar-refractivity contribution in [2.75, 3.05) is 56.3 Å². The average molecular weight is 379 g/mol. The van der Waals surface area contributed by atoms with Crippen LogP contribution in [-0.2, 0) is 14.3 Å². The highest BCUT2D eigenvalue weighted by atomic mass is 35.5. The van der Waals surface area contributed by atoms with Crippen molar-refractivity contribution in [1.82, 2.24) is 10.3 Å². The van der Waals surface area contributed by atoms with E-state index in [4.69, 9.17) is 9.47 Å². The first-order valence-electron chi connectivity index (χ1n) is 7.71. The zero-order valence-corrected chi connectivity index (χ0v) is 15.0. The fraction of sp³-hybridized carbons (Fsp3) is 0.600. The molecule has 24 heavy (non-hydrogen) atoms. The number of hydrogen-bond donors (Lipinski definition) is 2. The van der Waals surface area contributed by atoms with Crippen LogP contribution in [0.5, 0.6) is 0 Å². The maximum Gasteiger partial charge on any atom is 0.226 e. The predicted molar refractivity (Wildman–Crippen MR) is 97.6 cm³/mol. The predicted octanol–water partition coefficient (Wildman–Crippen LogP) is 1.08. The molecule has 3 heterocycles. The molecule has 7 nitrogen and oxygen atoms in total. The Kier molecular flexibility index (Phi) is 9.31. The maximum absolute atomic E-state index is 12.2. The van der Waals surface area contributed by atoms with Gasteiger partial charge in [-0.2, -0.15) is 0 Å². The Morgan fingerprint density at radius 2 is 2.08 bits per heavy atom. The molecule has 1 unspecified atom stereocenters. The Labute approximate surface area is 154 Å². The maximum atomic E-state index is 12.2. The number of hydrogen-bond acceptors (Lipinski definition) is 6. The summed E-state index contributed by atoms with van der Waals surface area (Å²) in [4.78, 5) is 18.8. The third-order valence-corrected chi connectivity index (χ3v) is 3.80. The number of ether oxygens (including phenoxy) is 2. The average Bonchev–Trinajstić information content (AvgIpc) is 2.57. The topological polar surface area (TPSA) is 75.7 Å². The summed E-state index contributed by atoms with van der Waals surface area (Å²) in [6, 6.07) is 3.81.